The first-order chi connectivity index (χ1) is 10.7. The van der Waals surface area contributed by atoms with Gasteiger partial charge in [-0.25, -0.2) is 4.39 Å². The summed E-state index contributed by atoms with van der Waals surface area (Å²) in [5.41, 5.74) is 0.832. The Morgan fingerprint density at radius 3 is 2.50 bits per heavy atom. The molecule has 116 valence electrons. The van der Waals surface area contributed by atoms with Gasteiger partial charge in [0.2, 0.25) is 0 Å². The lowest BCUT2D eigenvalue weighted by Crippen LogP contribution is -2.29. The first-order valence-electron chi connectivity index (χ1n) is 6.85. The number of carbonyl (C=O) groups is 1. The molecule has 5 heteroatoms. The summed E-state index contributed by atoms with van der Waals surface area (Å²) in [6.07, 6.45) is -0.383. The Balaban J connectivity index is 2.08. The fourth-order valence-corrected chi connectivity index (χ4v) is 2.18. The van der Waals surface area contributed by atoms with Gasteiger partial charge in [0, 0.05) is 19.2 Å². The molecule has 0 aromatic heterocycles. The van der Waals surface area contributed by atoms with Crippen LogP contribution < -0.4 is 10.1 Å². The van der Waals surface area contributed by atoms with E-state index < -0.39 is 11.7 Å². The molecule has 2 rings (SSSR count). The zero-order valence-electron chi connectivity index (χ0n) is 12.5. The molecule has 1 N–H and O–H groups in total. The van der Waals surface area contributed by atoms with E-state index in [-0.39, 0.29) is 18.2 Å². The average molecular weight is 303 g/mol. The summed E-state index contributed by atoms with van der Waals surface area (Å²) in [5, 5.41) is 2.68. The smallest absolute Gasteiger partial charge is 0.254 e. The molecule has 0 radical (unpaired) electrons. The van der Waals surface area contributed by atoms with E-state index in [4.69, 9.17) is 9.47 Å². The fraction of sp³-hybridized carbons (Fsp3) is 0.235. The number of hydrogen-bond donors (Lipinski definition) is 1. The second-order valence-corrected chi connectivity index (χ2v) is 4.66. The number of methoxy groups -OCH3 is 2. The summed E-state index contributed by atoms with van der Waals surface area (Å²) in [5.74, 6) is -0.351. The Morgan fingerprint density at radius 1 is 1.14 bits per heavy atom. The Hall–Kier alpha value is -2.40. The van der Waals surface area contributed by atoms with Gasteiger partial charge in [-0.3, -0.25) is 4.79 Å². The van der Waals surface area contributed by atoms with Gasteiger partial charge in [0.15, 0.2) is 0 Å². The first kappa shape index (κ1) is 16.0. The molecule has 0 spiro atoms. The lowest BCUT2D eigenvalue weighted by Gasteiger charge is -2.19. The molecule has 1 atom stereocenters. The van der Waals surface area contributed by atoms with Gasteiger partial charge in [0.1, 0.15) is 17.7 Å². The van der Waals surface area contributed by atoms with E-state index in [0.717, 1.165) is 5.56 Å². The fourth-order valence-electron chi connectivity index (χ4n) is 2.18. The SMILES string of the molecule is COc1ccccc1[C@H](CNC(=O)c1ccccc1F)OC. The van der Waals surface area contributed by atoms with E-state index in [9.17, 15) is 9.18 Å². The van der Waals surface area contributed by atoms with E-state index in [1.165, 1.54) is 12.1 Å². The molecular formula is C17H18FNO3. The molecule has 0 aliphatic carbocycles. The molecule has 2 aromatic rings. The summed E-state index contributed by atoms with van der Waals surface area (Å²) in [4.78, 5) is 12.0. The van der Waals surface area contributed by atoms with Crippen molar-refractivity contribution in [2.24, 2.45) is 0 Å². The predicted molar refractivity (Wildman–Crippen MR) is 81.5 cm³/mol. The predicted octanol–water partition coefficient (Wildman–Crippen LogP) is 2.95. The Labute approximate surface area is 128 Å². The van der Waals surface area contributed by atoms with Crippen molar-refractivity contribution in [3.05, 3.63) is 65.5 Å². The van der Waals surface area contributed by atoms with Crippen LogP contribution in [0, 0.1) is 5.82 Å². The lowest BCUT2D eigenvalue weighted by atomic mass is 10.1. The van der Waals surface area contributed by atoms with Gasteiger partial charge in [-0.2, -0.15) is 0 Å². The van der Waals surface area contributed by atoms with Gasteiger partial charge in [0.05, 0.1) is 12.7 Å². The van der Waals surface area contributed by atoms with Gasteiger partial charge in [-0.1, -0.05) is 30.3 Å². The third-order valence-corrected chi connectivity index (χ3v) is 3.34. The van der Waals surface area contributed by atoms with Crippen molar-refractivity contribution in [1.29, 1.82) is 0 Å². The number of ether oxygens (including phenoxy) is 2. The molecule has 0 aliphatic heterocycles. The third kappa shape index (κ3) is 3.62. The number of hydrogen-bond acceptors (Lipinski definition) is 3. The highest BCUT2D eigenvalue weighted by molar-refractivity contribution is 5.94. The normalized spacial score (nSPS) is 11.8. The molecule has 0 heterocycles. The summed E-state index contributed by atoms with van der Waals surface area (Å²) >= 11 is 0. The molecule has 0 bridgehead atoms. The summed E-state index contributed by atoms with van der Waals surface area (Å²) in [7, 11) is 3.12. The summed E-state index contributed by atoms with van der Waals surface area (Å²) in [6.45, 7) is 0.212. The quantitative estimate of drug-likeness (QED) is 0.892. The van der Waals surface area contributed by atoms with Crippen molar-refractivity contribution < 1.29 is 18.7 Å². The molecule has 4 nitrogen and oxygen atoms in total. The number of para-hydroxylation sites is 1. The molecule has 0 saturated carbocycles. The number of nitrogens with one attached hydrogen (secondary N) is 1. The van der Waals surface area contributed by atoms with Crippen molar-refractivity contribution in [2.45, 2.75) is 6.10 Å². The van der Waals surface area contributed by atoms with E-state index in [1.807, 2.05) is 24.3 Å². The van der Waals surface area contributed by atoms with Crippen LogP contribution in [-0.2, 0) is 4.74 Å². The van der Waals surface area contributed by atoms with Crippen LogP contribution in [0.4, 0.5) is 4.39 Å². The van der Waals surface area contributed by atoms with Gasteiger partial charge < -0.3 is 14.8 Å². The minimum absolute atomic E-state index is 0.0115. The molecule has 22 heavy (non-hydrogen) atoms. The summed E-state index contributed by atoms with van der Waals surface area (Å²) in [6, 6.07) is 13.3. The van der Waals surface area contributed by atoms with Gasteiger partial charge in [0.25, 0.3) is 5.91 Å². The topological polar surface area (TPSA) is 47.6 Å². The maximum atomic E-state index is 13.6. The minimum atomic E-state index is -0.550. The maximum Gasteiger partial charge on any atom is 0.254 e. The number of halogens is 1. The number of rotatable bonds is 6. The average Bonchev–Trinajstić information content (AvgIpc) is 2.56. The van der Waals surface area contributed by atoms with Crippen LogP contribution in [0.1, 0.15) is 22.0 Å². The highest BCUT2D eigenvalue weighted by Crippen LogP contribution is 2.26. The summed E-state index contributed by atoms with van der Waals surface area (Å²) < 4.78 is 24.3. The van der Waals surface area contributed by atoms with Crippen LogP contribution in [0.3, 0.4) is 0 Å². The first-order valence-corrected chi connectivity index (χ1v) is 6.85. The van der Waals surface area contributed by atoms with Crippen molar-refractivity contribution in [3.63, 3.8) is 0 Å². The molecule has 0 fully saturated rings. The van der Waals surface area contributed by atoms with Crippen LogP contribution in [0.2, 0.25) is 0 Å². The van der Waals surface area contributed by atoms with Crippen molar-refractivity contribution in [2.75, 3.05) is 20.8 Å². The van der Waals surface area contributed by atoms with Crippen LogP contribution in [-0.4, -0.2) is 26.7 Å². The molecular weight excluding hydrogens is 285 g/mol. The lowest BCUT2D eigenvalue weighted by molar-refractivity contribution is 0.0816. The van der Waals surface area contributed by atoms with E-state index in [1.54, 1.807) is 26.4 Å². The van der Waals surface area contributed by atoms with Crippen LogP contribution in [0.5, 0.6) is 5.75 Å². The zero-order chi connectivity index (χ0) is 15.9. The number of amides is 1. The van der Waals surface area contributed by atoms with E-state index in [0.29, 0.717) is 5.75 Å². The van der Waals surface area contributed by atoms with Crippen LogP contribution in [0.25, 0.3) is 0 Å². The van der Waals surface area contributed by atoms with Crippen molar-refractivity contribution in [1.82, 2.24) is 5.32 Å². The standard InChI is InChI=1S/C17H18FNO3/c1-21-15-10-6-4-8-13(15)16(22-2)11-19-17(20)12-7-3-5-9-14(12)18/h3-10,16H,11H2,1-2H3,(H,19,20)/t16-/m0/s1. The van der Waals surface area contributed by atoms with Crippen molar-refractivity contribution >= 4 is 5.91 Å². The molecule has 1 amide bonds. The highest BCUT2D eigenvalue weighted by atomic mass is 19.1. The number of benzene rings is 2. The monoisotopic (exact) mass is 303 g/mol. The second kappa shape index (κ2) is 7.56. The van der Waals surface area contributed by atoms with Gasteiger partial charge in [-0.15, -0.1) is 0 Å². The molecule has 0 unspecified atom stereocenters. The maximum absolute atomic E-state index is 13.6. The van der Waals surface area contributed by atoms with Crippen molar-refractivity contribution in [3.8, 4) is 5.75 Å². The van der Waals surface area contributed by atoms with Crippen LogP contribution >= 0.6 is 0 Å². The highest BCUT2D eigenvalue weighted by Gasteiger charge is 2.17. The Morgan fingerprint density at radius 2 is 1.82 bits per heavy atom. The zero-order valence-corrected chi connectivity index (χ0v) is 12.5. The Kier molecular flexibility index (Phi) is 5.49. The largest absolute Gasteiger partial charge is 0.496 e. The van der Waals surface area contributed by atoms with Crippen LogP contribution in [0.15, 0.2) is 48.5 Å². The molecule has 0 saturated heterocycles. The van der Waals surface area contributed by atoms with E-state index in [2.05, 4.69) is 5.32 Å². The van der Waals surface area contributed by atoms with Gasteiger partial charge in [-0.05, 0) is 18.2 Å². The van der Waals surface area contributed by atoms with E-state index >= 15 is 0 Å². The second-order valence-electron chi connectivity index (χ2n) is 4.66. The molecule has 0 aliphatic rings. The minimum Gasteiger partial charge on any atom is -0.496 e. The third-order valence-electron chi connectivity index (χ3n) is 3.34. The number of carbonyl (C=O) groups excluding carboxylic acids is 1. The van der Waals surface area contributed by atoms with Gasteiger partial charge >= 0.3 is 0 Å². The molecule has 2 aromatic carbocycles. The Bertz CT molecular complexity index is 645.